The minimum Gasteiger partial charge on any atom is -0.352 e. The monoisotopic (exact) mass is 404 g/mol. The standard InChI is InChI=1S/C18H14BrFN2O3/c19-12-7-11(8-13(20)9-12)10-21-16(23)5-6-22-17(24)14-3-1-2-4-15(14)18(22)25/h1-4,7-9H,5-6,10H2,(H,21,23). The molecule has 0 unspecified atom stereocenters. The Morgan fingerprint density at radius 2 is 1.72 bits per heavy atom. The van der Waals surface area contributed by atoms with E-state index in [0.717, 1.165) is 4.90 Å². The zero-order valence-electron chi connectivity index (χ0n) is 13.1. The third kappa shape index (κ3) is 3.76. The van der Waals surface area contributed by atoms with E-state index >= 15 is 0 Å². The summed E-state index contributed by atoms with van der Waals surface area (Å²) in [5, 5.41) is 2.65. The molecule has 0 fully saturated rings. The topological polar surface area (TPSA) is 66.5 Å². The molecule has 0 bridgehead atoms. The summed E-state index contributed by atoms with van der Waals surface area (Å²) in [5.41, 5.74) is 1.33. The molecule has 7 heteroatoms. The van der Waals surface area contributed by atoms with Gasteiger partial charge in [0.25, 0.3) is 11.8 Å². The number of carbonyl (C=O) groups excluding carboxylic acids is 3. The van der Waals surface area contributed by atoms with Crippen LogP contribution in [-0.4, -0.2) is 29.2 Å². The van der Waals surface area contributed by atoms with Crippen molar-refractivity contribution in [2.45, 2.75) is 13.0 Å². The normalized spacial score (nSPS) is 13.1. The van der Waals surface area contributed by atoms with Crippen molar-refractivity contribution in [1.29, 1.82) is 0 Å². The Morgan fingerprint density at radius 3 is 2.32 bits per heavy atom. The molecule has 0 radical (unpaired) electrons. The SMILES string of the molecule is O=C(CCN1C(=O)c2ccccc2C1=O)NCc1cc(F)cc(Br)c1. The molecule has 0 atom stereocenters. The summed E-state index contributed by atoms with van der Waals surface area (Å²) in [6.45, 7) is 0.169. The van der Waals surface area contributed by atoms with Gasteiger partial charge in [0, 0.05) is 24.0 Å². The fourth-order valence-electron chi connectivity index (χ4n) is 2.66. The first-order chi connectivity index (χ1) is 12.0. The second-order valence-electron chi connectivity index (χ2n) is 5.61. The smallest absolute Gasteiger partial charge is 0.261 e. The number of amides is 3. The van der Waals surface area contributed by atoms with Gasteiger partial charge in [0.15, 0.2) is 0 Å². The Hall–Kier alpha value is -2.54. The second kappa shape index (κ2) is 7.14. The second-order valence-corrected chi connectivity index (χ2v) is 6.53. The van der Waals surface area contributed by atoms with Crippen LogP contribution in [0.5, 0.6) is 0 Å². The molecule has 0 aromatic heterocycles. The summed E-state index contributed by atoms with van der Waals surface area (Å²) in [6.07, 6.45) is -0.0120. The molecule has 3 amide bonds. The average Bonchev–Trinajstić information content (AvgIpc) is 2.82. The highest BCUT2D eigenvalue weighted by Gasteiger charge is 2.34. The molecule has 0 aliphatic carbocycles. The van der Waals surface area contributed by atoms with Gasteiger partial charge < -0.3 is 5.32 Å². The largest absolute Gasteiger partial charge is 0.352 e. The first-order valence-corrected chi connectivity index (χ1v) is 8.42. The number of imide groups is 1. The number of carbonyl (C=O) groups is 3. The molecular formula is C18H14BrFN2O3. The fraction of sp³-hybridized carbons (Fsp3) is 0.167. The molecule has 3 rings (SSSR count). The molecule has 2 aromatic rings. The lowest BCUT2D eigenvalue weighted by molar-refractivity contribution is -0.121. The lowest BCUT2D eigenvalue weighted by atomic mass is 10.1. The summed E-state index contributed by atoms with van der Waals surface area (Å²) in [6, 6.07) is 10.9. The van der Waals surface area contributed by atoms with E-state index in [4.69, 9.17) is 0 Å². The highest BCUT2D eigenvalue weighted by molar-refractivity contribution is 9.10. The van der Waals surface area contributed by atoms with Crippen LogP contribution in [0.3, 0.4) is 0 Å². The Balaban J connectivity index is 1.55. The van der Waals surface area contributed by atoms with Crippen LogP contribution in [0.1, 0.15) is 32.7 Å². The molecule has 25 heavy (non-hydrogen) atoms. The van der Waals surface area contributed by atoms with Crippen LogP contribution >= 0.6 is 15.9 Å². The maximum Gasteiger partial charge on any atom is 0.261 e. The van der Waals surface area contributed by atoms with Crippen molar-refractivity contribution in [3.63, 3.8) is 0 Å². The van der Waals surface area contributed by atoms with E-state index in [-0.39, 0.29) is 37.2 Å². The molecule has 1 aliphatic rings. The minimum absolute atomic E-state index is 0.00499. The molecule has 0 saturated heterocycles. The summed E-state index contributed by atoms with van der Waals surface area (Å²) in [4.78, 5) is 37.4. The third-order valence-electron chi connectivity index (χ3n) is 3.85. The van der Waals surface area contributed by atoms with E-state index < -0.39 is 5.82 Å². The Morgan fingerprint density at radius 1 is 1.08 bits per heavy atom. The number of hydrogen-bond acceptors (Lipinski definition) is 3. The van der Waals surface area contributed by atoms with E-state index in [1.165, 1.54) is 12.1 Å². The maximum absolute atomic E-state index is 13.3. The first kappa shape index (κ1) is 17.3. The van der Waals surface area contributed by atoms with E-state index in [0.29, 0.717) is 21.2 Å². The molecule has 1 aliphatic heterocycles. The van der Waals surface area contributed by atoms with Crippen LogP contribution in [-0.2, 0) is 11.3 Å². The van der Waals surface area contributed by atoms with Crippen molar-refractivity contribution >= 4 is 33.7 Å². The molecule has 1 N–H and O–H groups in total. The van der Waals surface area contributed by atoms with Crippen LogP contribution in [0.2, 0.25) is 0 Å². The van der Waals surface area contributed by atoms with E-state index in [2.05, 4.69) is 21.2 Å². The van der Waals surface area contributed by atoms with E-state index in [9.17, 15) is 18.8 Å². The van der Waals surface area contributed by atoms with Gasteiger partial charge in [0.05, 0.1) is 11.1 Å². The number of benzene rings is 2. The Labute approximate surface area is 151 Å². The highest BCUT2D eigenvalue weighted by Crippen LogP contribution is 2.22. The van der Waals surface area contributed by atoms with E-state index in [1.807, 2.05) is 0 Å². The van der Waals surface area contributed by atoms with Gasteiger partial charge in [-0.25, -0.2) is 4.39 Å². The molecule has 0 saturated carbocycles. The molecular weight excluding hydrogens is 391 g/mol. The number of halogens is 2. The first-order valence-electron chi connectivity index (χ1n) is 7.62. The van der Waals surface area contributed by atoms with Crippen LogP contribution < -0.4 is 5.32 Å². The van der Waals surface area contributed by atoms with Crippen molar-refractivity contribution in [3.8, 4) is 0 Å². The van der Waals surface area contributed by atoms with Crippen molar-refractivity contribution < 1.29 is 18.8 Å². The number of fused-ring (bicyclic) bond motifs is 1. The van der Waals surface area contributed by atoms with E-state index in [1.54, 1.807) is 30.3 Å². The minimum atomic E-state index is -0.398. The zero-order valence-corrected chi connectivity index (χ0v) is 14.7. The van der Waals surface area contributed by atoms with Gasteiger partial charge in [-0.2, -0.15) is 0 Å². The van der Waals surface area contributed by atoms with Crippen molar-refractivity contribution in [2.24, 2.45) is 0 Å². The van der Waals surface area contributed by atoms with Crippen molar-refractivity contribution in [1.82, 2.24) is 10.2 Å². The van der Waals surface area contributed by atoms with Gasteiger partial charge in [-0.3, -0.25) is 19.3 Å². The summed E-state index contributed by atoms with van der Waals surface area (Å²) in [5.74, 6) is -1.49. The lowest BCUT2D eigenvalue weighted by Crippen LogP contribution is -2.34. The third-order valence-corrected chi connectivity index (χ3v) is 4.31. The molecule has 128 valence electrons. The van der Waals surface area contributed by atoms with Crippen LogP contribution in [0, 0.1) is 5.82 Å². The summed E-state index contributed by atoms with van der Waals surface area (Å²) >= 11 is 3.19. The molecule has 5 nitrogen and oxygen atoms in total. The predicted molar refractivity (Wildman–Crippen MR) is 92.4 cm³/mol. The number of nitrogens with one attached hydrogen (secondary N) is 1. The van der Waals surface area contributed by atoms with Crippen molar-refractivity contribution in [2.75, 3.05) is 6.54 Å². The Bertz CT molecular complexity index is 814. The number of rotatable bonds is 5. The van der Waals surface area contributed by atoms with Gasteiger partial charge in [0.1, 0.15) is 5.82 Å². The summed E-state index contributed by atoms with van der Waals surface area (Å²) < 4.78 is 13.9. The number of nitrogens with zero attached hydrogens (tertiary/aromatic N) is 1. The number of hydrogen-bond donors (Lipinski definition) is 1. The van der Waals surface area contributed by atoms with Crippen molar-refractivity contribution in [3.05, 3.63) is 69.4 Å². The van der Waals surface area contributed by atoms with Gasteiger partial charge in [-0.15, -0.1) is 0 Å². The van der Waals surface area contributed by atoms with Crippen LogP contribution in [0.25, 0.3) is 0 Å². The predicted octanol–water partition coefficient (Wildman–Crippen LogP) is 2.89. The fourth-order valence-corrected chi connectivity index (χ4v) is 3.17. The quantitative estimate of drug-likeness (QED) is 0.779. The zero-order chi connectivity index (χ0) is 18.0. The lowest BCUT2D eigenvalue weighted by Gasteiger charge is -2.13. The molecule has 2 aromatic carbocycles. The molecule has 1 heterocycles. The highest BCUT2D eigenvalue weighted by atomic mass is 79.9. The maximum atomic E-state index is 13.3. The molecule has 0 spiro atoms. The van der Waals surface area contributed by atoms with Gasteiger partial charge in [-0.1, -0.05) is 28.1 Å². The van der Waals surface area contributed by atoms with Crippen LogP contribution in [0.15, 0.2) is 46.9 Å². The van der Waals surface area contributed by atoms with Gasteiger partial charge in [-0.05, 0) is 35.9 Å². The Kier molecular flexibility index (Phi) is 4.94. The average molecular weight is 405 g/mol. The summed E-state index contributed by atoms with van der Waals surface area (Å²) in [7, 11) is 0. The van der Waals surface area contributed by atoms with Crippen LogP contribution in [0.4, 0.5) is 4.39 Å². The van der Waals surface area contributed by atoms with Gasteiger partial charge in [0.2, 0.25) is 5.91 Å². The van der Waals surface area contributed by atoms with Gasteiger partial charge >= 0.3 is 0 Å².